The largest absolute Gasteiger partial charge is 0.291 e. The zero-order valence-corrected chi connectivity index (χ0v) is 11.2. The first-order valence-electron chi connectivity index (χ1n) is 5.77. The minimum atomic E-state index is -0.446. The van der Waals surface area contributed by atoms with E-state index >= 15 is 0 Å². The van der Waals surface area contributed by atoms with Crippen molar-refractivity contribution in [3.05, 3.63) is 65.2 Å². The molecule has 0 aliphatic carbocycles. The summed E-state index contributed by atoms with van der Waals surface area (Å²) >= 11 is 5.98. The minimum Gasteiger partial charge on any atom is -0.265 e. The number of rotatable bonds is 4. The van der Waals surface area contributed by atoms with Crippen molar-refractivity contribution >= 4 is 29.8 Å². The van der Waals surface area contributed by atoms with Crippen LogP contribution >= 0.6 is 11.6 Å². The van der Waals surface area contributed by atoms with E-state index in [9.17, 15) is 4.79 Å². The van der Waals surface area contributed by atoms with Crippen LogP contribution in [-0.4, -0.2) is 22.1 Å². The summed E-state index contributed by atoms with van der Waals surface area (Å²) in [5.74, 6) is -0.446. The van der Waals surface area contributed by atoms with Gasteiger partial charge in [0.25, 0.3) is 5.91 Å². The van der Waals surface area contributed by atoms with E-state index in [0.29, 0.717) is 5.03 Å². The molecule has 20 heavy (non-hydrogen) atoms. The van der Waals surface area contributed by atoms with Crippen LogP contribution in [-0.2, 0) is 0 Å². The lowest BCUT2D eigenvalue weighted by Gasteiger charge is -1.97. The van der Waals surface area contributed by atoms with Crippen LogP contribution in [0.25, 0.3) is 6.08 Å². The zero-order valence-electron chi connectivity index (χ0n) is 10.4. The molecule has 100 valence electrons. The van der Waals surface area contributed by atoms with Crippen molar-refractivity contribution in [2.45, 2.75) is 0 Å². The highest BCUT2D eigenvalue weighted by molar-refractivity contribution is 6.41. The fraction of sp³-hybridized carbons (Fsp3) is 0. The molecule has 1 amide bonds. The molecule has 0 spiro atoms. The van der Waals surface area contributed by atoms with Crippen molar-refractivity contribution in [3.63, 3.8) is 0 Å². The van der Waals surface area contributed by atoms with Gasteiger partial charge in [0.05, 0.1) is 17.4 Å². The van der Waals surface area contributed by atoms with Crippen LogP contribution in [0, 0.1) is 0 Å². The van der Waals surface area contributed by atoms with Crippen molar-refractivity contribution in [2.75, 3.05) is 0 Å². The van der Waals surface area contributed by atoms with Crippen molar-refractivity contribution in [1.82, 2.24) is 15.4 Å². The third kappa shape index (κ3) is 4.29. The summed E-state index contributed by atoms with van der Waals surface area (Å²) in [4.78, 5) is 19.2. The van der Waals surface area contributed by atoms with Crippen LogP contribution in [0.1, 0.15) is 16.1 Å². The predicted molar refractivity (Wildman–Crippen MR) is 78.3 cm³/mol. The van der Waals surface area contributed by atoms with Gasteiger partial charge in [0.2, 0.25) is 0 Å². The SMILES string of the molecule is O=C(N/N=C\C(Cl)=C\c1ccccc1)c1cnccn1. The Hall–Kier alpha value is -2.53. The summed E-state index contributed by atoms with van der Waals surface area (Å²) in [6.45, 7) is 0. The summed E-state index contributed by atoms with van der Waals surface area (Å²) in [6, 6.07) is 9.55. The Morgan fingerprint density at radius 3 is 2.75 bits per heavy atom. The van der Waals surface area contributed by atoms with Crippen LogP contribution in [0.3, 0.4) is 0 Å². The van der Waals surface area contributed by atoms with Crippen molar-refractivity contribution < 1.29 is 4.79 Å². The van der Waals surface area contributed by atoms with Crippen LogP contribution in [0.2, 0.25) is 0 Å². The number of hydrogen-bond acceptors (Lipinski definition) is 4. The lowest BCUT2D eigenvalue weighted by Crippen LogP contribution is -2.18. The molecule has 5 nitrogen and oxygen atoms in total. The minimum absolute atomic E-state index is 0.188. The van der Waals surface area contributed by atoms with Gasteiger partial charge in [-0.25, -0.2) is 10.4 Å². The molecule has 1 aromatic heterocycles. The molecule has 0 saturated carbocycles. The smallest absolute Gasteiger partial charge is 0.265 e. The number of carbonyl (C=O) groups is 1. The first-order valence-corrected chi connectivity index (χ1v) is 6.15. The molecule has 0 bridgehead atoms. The molecular formula is C14H11ClN4O. The predicted octanol–water partition coefficient (Wildman–Crippen LogP) is 2.47. The Labute approximate surface area is 121 Å². The summed E-state index contributed by atoms with van der Waals surface area (Å²) in [6.07, 6.45) is 7.36. The number of hydrazone groups is 1. The second-order valence-corrected chi connectivity index (χ2v) is 4.17. The molecular weight excluding hydrogens is 276 g/mol. The Bertz CT molecular complexity index is 626. The highest BCUT2D eigenvalue weighted by atomic mass is 35.5. The maximum absolute atomic E-state index is 11.6. The normalized spacial score (nSPS) is 11.6. The molecule has 0 radical (unpaired) electrons. The van der Waals surface area contributed by atoms with Gasteiger partial charge in [0.15, 0.2) is 0 Å². The van der Waals surface area contributed by atoms with Gasteiger partial charge in [0, 0.05) is 12.4 Å². The molecule has 0 unspecified atom stereocenters. The third-order valence-electron chi connectivity index (χ3n) is 2.25. The van der Waals surface area contributed by atoms with Crippen LogP contribution in [0.4, 0.5) is 0 Å². The second-order valence-electron chi connectivity index (χ2n) is 3.73. The quantitative estimate of drug-likeness (QED) is 0.693. The summed E-state index contributed by atoms with van der Waals surface area (Å²) < 4.78 is 0. The maximum atomic E-state index is 11.6. The summed E-state index contributed by atoms with van der Waals surface area (Å²) in [7, 11) is 0. The molecule has 2 aromatic rings. The Balaban J connectivity index is 1.94. The number of aromatic nitrogens is 2. The van der Waals surface area contributed by atoms with E-state index in [1.807, 2.05) is 30.3 Å². The van der Waals surface area contributed by atoms with Crippen LogP contribution in [0.5, 0.6) is 0 Å². The molecule has 0 aliphatic rings. The molecule has 1 N–H and O–H groups in total. The Morgan fingerprint density at radius 1 is 1.25 bits per heavy atom. The van der Waals surface area contributed by atoms with E-state index in [2.05, 4.69) is 20.5 Å². The molecule has 0 atom stereocenters. The molecule has 1 aromatic carbocycles. The zero-order chi connectivity index (χ0) is 14.2. The van der Waals surface area contributed by atoms with E-state index in [4.69, 9.17) is 11.6 Å². The number of halogens is 1. The van der Waals surface area contributed by atoms with Crippen molar-refractivity contribution in [1.29, 1.82) is 0 Å². The van der Waals surface area contributed by atoms with Crippen molar-refractivity contribution in [2.24, 2.45) is 5.10 Å². The van der Waals surface area contributed by atoms with E-state index in [1.54, 1.807) is 6.08 Å². The molecule has 6 heteroatoms. The third-order valence-corrected chi connectivity index (χ3v) is 2.46. The van der Waals surface area contributed by atoms with Gasteiger partial charge in [-0.3, -0.25) is 9.78 Å². The Kier molecular flexibility index (Phi) is 4.97. The molecule has 1 heterocycles. The molecule has 0 saturated heterocycles. The average Bonchev–Trinajstić information content (AvgIpc) is 2.49. The van der Waals surface area contributed by atoms with E-state index in [1.165, 1.54) is 24.8 Å². The summed E-state index contributed by atoms with van der Waals surface area (Å²) in [5.41, 5.74) is 3.45. The number of amides is 1. The standard InChI is InChI=1S/C14H11ClN4O/c15-12(8-11-4-2-1-3-5-11)9-18-19-14(20)13-10-16-6-7-17-13/h1-10H,(H,19,20)/b12-8-,18-9-. The first kappa shape index (κ1) is 13.9. The monoisotopic (exact) mass is 286 g/mol. The van der Waals surface area contributed by atoms with Gasteiger partial charge in [-0.1, -0.05) is 41.9 Å². The number of allylic oxidation sites excluding steroid dienone is 1. The van der Waals surface area contributed by atoms with E-state index < -0.39 is 5.91 Å². The van der Waals surface area contributed by atoms with Gasteiger partial charge in [-0.2, -0.15) is 5.10 Å². The van der Waals surface area contributed by atoms with Crippen molar-refractivity contribution in [3.8, 4) is 0 Å². The second kappa shape index (κ2) is 7.16. The van der Waals surface area contributed by atoms with Gasteiger partial charge >= 0.3 is 0 Å². The number of nitrogens with zero attached hydrogens (tertiary/aromatic N) is 3. The number of hydrogen-bond donors (Lipinski definition) is 1. The van der Waals surface area contributed by atoms with Gasteiger partial charge in [-0.15, -0.1) is 0 Å². The summed E-state index contributed by atoms with van der Waals surface area (Å²) in [5, 5.41) is 4.15. The maximum Gasteiger partial charge on any atom is 0.291 e. The lowest BCUT2D eigenvalue weighted by atomic mass is 10.2. The van der Waals surface area contributed by atoms with E-state index in [-0.39, 0.29) is 5.69 Å². The molecule has 0 fully saturated rings. The van der Waals surface area contributed by atoms with Crippen LogP contribution < -0.4 is 5.43 Å². The Morgan fingerprint density at radius 2 is 2.05 bits per heavy atom. The first-order chi connectivity index (χ1) is 9.75. The highest BCUT2D eigenvalue weighted by Crippen LogP contribution is 2.07. The van der Waals surface area contributed by atoms with E-state index in [0.717, 1.165) is 5.56 Å². The highest BCUT2D eigenvalue weighted by Gasteiger charge is 2.04. The fourth-order valence-corrected chi connectivity index (χ4v) is 1.55. The molecule has 2 rings (SSSR count). The lowest BCUT2D eigenvalue weighted by molar-refractivity contribution is 0.0950. The topological polar surface area (TPSA) is 67.2 Å². The number of benzene rings is 1. The fourth-order valence-electron chi connectivity index (χ4n) is 1.37. The van der Waals surface area contributed by atoms with Gasteiger partial charge in [0.1, 0.15) is 5.69 Å². The average molecular weight is 287 g/mol. The van der Waals surface area contributed by atoms with Gasteiger partial charge < -0.3 is 0 Å². The van der Waals surface area contributed by atoms with Crippen LogP contribution in [0.15, 0.2) is 59.1 Å². The van der Waals surface area contributed by atoms with Gasteiger partial charge in [-0.05, 0) is 11.6 Å². The molecule has 0 aliphatic heterocycles. The number of nitrogens with one attached hydrogen (secondary N) is 1. The number of carbonyl (C=O) groups excluding carboxylic acids is 1.